The SMILES string of the molecule is c1cnc(-c2cc3c(-c4cc5c(N6CCCCC6)cncc5[nH]4)n[nH]c3cn2)cn1. The van der Waals surface area contributed by atoms with Gasteiger partial charge in [-0.2, -0.15) is 5.10 Å². The lowest BCUT2D eigenvalue weighted by Crippen LogP contribution is -2.29. The third kappa shape index (κ3) is 2.80. The lowest BCUT2D eigenvalue weighted by Gasteiger charge is -2.28. The molecule has 0 unspecified atom stereocenters. The van der Waals surface area contributed by atoms with Gasteiger partial charge in [-0.05, 0) is 31.4 Å². The molecule has 6 rings (SSSR count). The van der Waals surface area contributed by atoms with Crippen LogP contribution in [-0.2, 0) is 0 Å². The highest BCUT2D eigenvalue weighted by Crippen LogP contribution is 2.34. The second-order valence-electron chi connectivity index (χ2n) is 7.63. The molecule has 0 aromatic carbocycles. The summed E-state index contributed by atoms with van der Waals surface area (Å²) in [6.45, 7) is 2.17. The molecule has 1 aliphatic heterocycles. The molecular weight excluding hydrogens is 376 g/mol. The molecule has 0 bridgehead atoms. The van der Waals surface area contributed by atoms with E-state index in [-0.39, 0.29) is 0 Å². The van der Waals surface area contributed by atoms with Gasteiger partial charge in [0, 0.05) is 36.3 Å². The van der Waals surface area contributed by atoms with Crippen molar-refractivity contribution in [2.45, 2.75) is 19.3 Å². The van der Waals surface area contributed by atoms with Crippen LogP contribution >= 0.6 is 0 Å². The second-order valence-corrected chi connectivity index (χ2v) is 7.63. The summed E-state index contributed by atoms with van der Waals surface area (Å²) < 4.78 is 0. The number of aromatic nitrogens is 7. The van der Waals surface area contributed by atoms with Gasteiger partial charge >= 0.3 is 0 Å². The van der Waals surface area contributed by atoms with Gasteiger partial charge in [0.05, 0.1) is 52.9 Å². The number of hydrogen-bond donors (Lipinski definition) is 2. The number of fused-ring (bicyclic) bond motifs is 2. The fraction of sp³-hybridized carbons (Fsp3) is 0.227. The van der Waals surface area contributed by atoms with E-state index >= 15 is 0 Å². The Kier molecular flexibility index (Phi) is 3.93. The zero-order chi connectivity index (χ0) is 19.9. The van der Waals surface area contributed by atoms with E-state index in [9.17, 15) is 0 Å². The number of anilines is 1. The van der Waals surface area contributed by atoms with Crippen LogP contribution in [0.2, 0.25) is 0 Å². The van der Waals surface area contributed by atoms with Crippen molar-refractivity contribution in [2.75, 3.05) is 18.0 Å². The molecule has 1 fully saturated rings. The molecule has 1 saturated heterocycles. The van der Waals surface area contributed by atoms with Crippen molar-refractivity contribution in [1.29, 1.82) is 0 Å². The predicted molar refractivity (Wildman–Crippen MR) is 116 cm³/mol. The van der Waals surface area contributed by atoms with Crippen molar-refractivity contribution >= 4 is 27.5 Å². The monoisotopic (exact) mass is 396 g/mol. The molecular formula is C22H20N8. The zero-order valence-electron chi connectivity index (χ0n) is 16.3. The van der Waals surface area contributed by atoms with Crippen molar-refractivity contribution in [2.24, 2.45) is 0 Å². The number of hydrogen-bond acceptors (Lipinski definition) is 6. The first kappa shape index (κ1) is 17.1. The minimum Gasteiger partial charge on any atom is -0.370 e. The molecule has 0 amide bonds. The average Bonchev–Trinajstić information content (AvgIpc) is 3.43. The molecule has 0 aliphatic carbocycles. The number of nitrogens with zero attached hydrogens (tertiary/aromatic N) is 6. The highest BCUT2D eigenvalue weighted by molar-refractivity contribution is 5.99. The van der Waals surface area contributed by atoms with Crippen molar-refractivity contribution in [3.05, 3.63) is 49.3 Å². The van der Waals surface area contributed by atoms with Gasteiger partial charge in [-0.3, -0.25) is 25.0 Å². The number of piperidine rings is 1. The van der Waals surface area contributed by atoms with Gasteiger partial charge in [-0.1, -0.05) is 0 Å². The van der Waals surface area contributed by atoms with E-state index < -0.39 is 0 Å². The first-order valence-corrected chi connectivity index (χ1v) is 10.2. The maximum atomic E-state index is 4.57. The fourth-order valence-corrected chi connectivity index (χ4v) is 4.24. The van der Waals surface area contributed by atoms with E-state index in [1.54, 1.807) is 24.8 Å². The molecule has 6 heterocycles. The van der Waals surface area contributed by atoms with E-state index in [2.05, 4.69) is 46.1 Å². The molecule has 30 heavy (non-hydrogen) atoms. The number of H-pyrrole nitrogens is 2. The number of pyridine rings is 2. The summed E-state index contributed by atoms with van der Waals surface area (Å²) in [7, 11) is 0. The van der Waals surface area contributed by atoms with Crippen molar-refractivity contribution in [3.8, 4) is 22.8 Å². The van der Waals surface area contributed by atoms with Gasteiger partial charge in [-0.15, -0.1) is 0 Å². The van der Waals surface area contributed by atoms with Crippen molar-refractivity contribution < 1.29 is 0 Å². The van der Waals surface area contributed by atoms with Gasteiger partial charge in [0.1, 0.15) is 11.4 Å². The van der Waals surface area contributed by atoms with Gasteiger partial charge in [0.25, 0.3) is 0 Å². The zero-order valence-corrected chi connectivity index (χ0v) is 16.3. The lowest BCUT2D eigenvalue weighted by atomic mass is 10.1. The standard InChI is InChI=1S/C22H20N8/c1-2-6-30(7-3-1)21-13-24-10-18-14(21)8-17(27-18)22-15-9-16(20-11-23-4-5-25-20)26-12-19(15)28-29-22/h4-5,8-13,27H,1-3,6-7H2,(H,28,29). The highest BCUT2D eigenvalue weighted by Gasteiger charge is 2.18. The van der Waals surface area contributed by atoms with Crippen LogP contribution < -0.4 is 4.90 Å². The quantitative estimate of drug-likeness (QED) is 0.479. The van der Waals surface area contributed by atoms with E-state index in [1.165, 1.54) is 30.3 Å². The summed E-state index contributed by atoms with van der Waals surface area (Å²) in [5.41, 5.74) is 6.41. The van der Waals surface area contributed by atoms with Crippen LogP contribution in [0, 0.1) is 0 Å². The molecule has 1 aliphatic rings. The van der Waals surface area contributed by atoms with Gasteiger partial charge in [0.2, 0.25) is 0 Å². The Morgan fingerprint density at radius 1 is 0.767 bits per heavy atom. The maximum absolute atomic E-state index is 4.57. The molecule has 0 saturated carbocycles. The molecule has 5 aromatic heterocycles. The van der Waals surface area contributed by atoms with E-state index in [4.69, 9.17) is 0 Å². The molecule has 8 nitrogen and oxygen atoms in total. The number of rotatable bonds is 3. The van der Waals surface area contributed by atoms with Crippen LogP contribution in [0.4, 0.5) is 5.69 Å². The topological polar surface area (TPSA) is 99.3 Å². The largest absolute Gasteiger partial charge is 0.370 e. The summed E-state index contributed by atoms with van der Waals surface area (Å²) in [4.78, 5) is 23.4. The Bertz CT molecular complexity index is 1330. The average molecular weight is 396 g/mol. The molecule has 0 atom stereocenters. The lowest BCUT2D eigenvalue weighted by molar-refractivity contribution is 0.578. The molecule has 148 valence electrons. The first-order chi connectivity index (χ1) is 14.9. The summed E-state index contributed by atoms with van der Waals surface area (Å²) in [6, 6.07) is 4.19. The Morgan fingerprint density at radius 2 is 1.70 bits per heavy atom. The summed E-state index contributed by atoms with van der Waals surface area (Å²) in [5, 5.41) is 9.84. The summed E-state index contributed by atoms with van der Waals surface area (Å²) in [6.07, 6.45) is 14.5. The van der Waals surface area contributed by atoms with Crippen molar-refractivity contribution in [3.63, 3.8) is 0 Å². The smallest absolute Gasteiger partial charge is 0.116 e. The Morgan fingerprint density at radius 3 is 2.57 bits per heavy atom. The predicted octanol–water partition coefficient (Wildman–Crippen LogP) is 3.95. The highest BCUT2D eigenvalue weighted by atomic mass is 15.1. The Hall–Kier alpha value is -3.81. The Balaban J connectivity index is 1.47. The maximum Gasteiger partial charge on any atom is 0.116 e. The fourth-order valence-electron chi connectivity index (χ4n) is 4.24. The number of nitrogens with one attached hydrogen (secondary N) is 2. The van der Waals surface area contributed by atoms with Crippen LogP contribution in [-0.4, -0.2) is 48.2 Å². The van der Waals surface area contributed by atoms with Gasteiger partial charge in [-0.25, -0.2) is 0 Å². The van der Waals surface area contributed by atoms with E-state index in [0.717, 1.165) is 52.3 Å². The Labute approximate surface area is 172 Å². The summed E-state index contributed by atoms with van der Waals surface area (Å²) in [5.74, 6) is 0. The first-order valence-electron chi connectivity index (χ1n) is 10.2. The number of aromatic amines is 2. The third-order valence-electron chi connectivity index (χ3n) is 5.75. The normalized spacial score (nSPS) is 14.6. The van der Waals surface area contributed by atoms with Crippen molar-refractivity contribution in [1.82, 2.24) is 35.1 Å². The molecule has 8 heteroatoms. The minimum absolute atomic E-state index is 0.736. The third-order valence-corrected chi connectivity index (χ3v) is 5.75. The van der Waals surface area contributed by atoms with E-state index in [1.807, 2.05) is 18.5 Å². The van der Waals surface area contributed by atoms with Crippen LogP contribution in [0.15, 0.2) is 49.3 Å². The van der Waals surface area contributed by atoms with Crippen LogP contribution in [0.5, 0.6) is 0 Å². The second kappa shape index (κ2) is 6.91. The molecule has 5 aromatic rings. The van der Waals surface area contributed by atoms with Gasteiger partial charge < -0.3 is 9.88 Å². The van der Waals surface area contributed by atoms with Crippen LogP contribution in [0.3, 0.4) is 0 Å². The van der Waals surface area contributed by atoms with Crippen LogP contribution in [0.1, 0.15) is 19.3 Å². The summed E-state index contributed by atoms with van der Waals surface area (Å²) >= 11 is 0. The molecule has 0 spiro atoms. The minimum atomic E-state index is 0.736. The molecule has 2 N–H and O–H groups in total. The van der Waals surface area contributed by atoms with Gasteiger partial charge in [0.15, 0.2) is 0 Å². The van der Waals surface area contributed by atoms with E-state index in [0.29, 0.717) is 0 Å². The molecule has 0 radical (unpaired) electrons. The van der Waals surface area contributed by atoms with Crippen LogP contribution in [0.25, 0.3) is 44.6 Å².